The molecule has 0 fully saturated rings. The summed E-state index contributed by atoms with van der Waals surface area (Å²) in [6.07, 6.45) is -3.21. The first kappa shape index (κ1) is 16.2. The SMILES string of the molecule is CC(C)(C#N)CCCNc1cccc(OC(F)(F)F)c1. The molecule has 0 aliphatic rings. The van der Waals surface area contributed by atoms with Crippen molar-refractivity contribution < 1.29 is 17.9 Å². The van der Waals surface area contributed by atoms with Gasteiger partial charge in [-0.05, 0) is 38.8 Å². The molecule has 110 valence electrons. The topological polar surface area (TPSA) is 45.0 Å². The highest BCUT2D eigenvalue weighted by Crippen LogP contribution is 2.25. The number of nitrogens with one attached hydrogen (secondary N) is 1. The third-order valence-corrected chi connectivity index (χ3v) is 2.68. The smallest absolute Gasteiger partial charge is 0.406 e. The zero-order chi connectivity index (χ0) is 15.2. The third-order valence-electron chi connectivity index (χ3n) is 2.68. The predicted molar refractivity (Wildman–Crippen MR) is 70.2 cm³/mol. The molecular formula is C14H17F3N2O. The van der Waals surface area contributed by atoms with Crippen molar-refractivity contribution in [3.05, 3.63) is 24.3 Å². The summed E-state index contributed by atoms with van der Waals surface area (Å²) in [5.74, 6) is -0.250. The van der Waals surface area contributed by atoms with Crippen LogP contribution in [0.3, 0.4) is 0 Å². The third kappa shape index (κ3) is 6.32. The predicted octanol–water partition coefficient (Wildman–Crippen LogP) is 4.33. The van der Waals surface area contributed by atoms with Gasteiger partial charge in [-0.3, -0.25) is 0 Å². The van der Waals surface area contributed by atoms with Crippen molar-refractivity contribution in [3.63, 3.8) is 0 Å². The summed E-state index contributed by atoms with van der Waals surface area (Å²) in [6.45, 7) is 4.29. The van der Waals surface area contributed by atoms with Crippen LogP contribution in [0.4, 0.5) is 18.9 Å². The highest BCUT2D eigenvalue weighted by Gasteiger charge is 2.31. The van der Waals surface area contributed by atoms with E-state index in [-0.39, 0.29) is 11.2 Å². The molecule has 1 rings (SSSR count). The largest absolute Gasteiger partial charge is 0.573 e. The number of nitrogens with zero attached hydrogens (tertiary/aromatic N) is 1. The monoisotopic (exact) mass is 286 g/mol. The maximum Gasteiger partial charge on any atom is 0.573 e. The lowest BCUT2D eigenvalue weighted by Gasteiger charge is -2.15. The van der Waals surface area contributed by atoms with Crippen LogP contribution in [0.15, 0.2) is 24.3 Å². The van der Waals surface area contributed by atoms with Gasteiger partial charge in [0.05, 0.1) is 11.5 Å². The number of hydrogen-bond donors (Lipinski definition) is 1. The normalized spacial score (nSPS) is 11.8. The van der Waals surface area contributed by atoms with Crippen LogP contribution in [0, 0.1) is 16.7 Å². The lowest BCUT2D eigenvalue weighted by Crippen LogP contribution is -2.17. The summed E-state index contributed by atoms with van der Waals surface area (Å²) in [4.78, 5) is 0. The van der Waals surface area contributed by atoms with E-state index in [9.17, 15) is 13.2 Å². The van der Waals surface area contributed by atoms with Gasteiger partial charge in [0.25, 0.3) is 0 Å². The van der Waals surface area contributed by atoms with Crippen LogP contribution in [0.25, 0.3) is 0 Å². The van der Waals surface area contributed by atoms with Crippen LogP contribution in [0.5, 0.6) is 5.75 Å². The standard InChI is InChI=1S/C14H17F3N2O/c1-13(2,10-18)7-4-8-19-11-5-3-6-12(9-11)20-14(15,16)17/h3,5-6,9,19H,4,7-8H2,1-2H3. The Kier molecular flexibility index (Phi) is 5.26. The molecule has 0 amide bonds. The van der Waals surface area contributed by atoms with Gasteiger partial charge in [-0.15, -0.1) is 13.2 Å². The average molecular weight is 286 g/mol. The summed E-state index contributed by atoms with van der Waals surface area (Å²) >= 11 is 0. The van der Waals surface area contributed by atoms with Crippen molar-refractivity contribution in [2.45, 2.75) is 33.1 Å². The van der Waals surface area contributed by atoms with E-state index in [1.165, 1.54) is 18.2 Å². The summed E-state index contributed by atoms with van der Waals surface area (Å²) in [5.41, 5.74) is 0.171. The molecule has 0 aliphatic heterocycles. The van der Waals surface area contributed by atoms with Crippen molar-refractivity contribution in [2.75, 3.05) is 11.9 Å². The van der Waals surface area contributed by atoms with Crippen molar-refractivity contribution in [1.29, 1.82) is 5.26 Å². The molecule has 3 nitrogen and oxygen atoms in total. The molecule has 0 unspecified atom stereocenters. The van der Waals surface area contributed by atoms with E-state index in [2.05, 4.69) is 16.1 Å². The lowest BCUT2D eigenvalue weighted by molar-refractivity contribution is -0.274. The van der Waals surface area contributed by atoms with E-state index in [1.807, 2.05) is 13.8 Å². The van der Waals surface area contributed by atoms with E-state index in [1.54, 1.807) is 6.07 Å². The minimum Gasteiger partial charge on any atom is -0.406 e. The van der Waals surface area contributed by atoms with E-state index in [4.69, 9.17) is 5.26 Å². The van der Waals surface area contributed by atoms with E-state index in [0.717, 1.165) is 12.8 Å². The first-order valence-corrected chi connectivity index (χ1v) is 6.23. The Bertz CT molecular complexity index is 478. The molecule has 0 atom stereocenters. The van der Waals surface area contributed by atoms with Gasteiger partial charge in [0.15, 0.2) is 0 Å². The zero-order valence-electron chi connectivity index (χ0n) is 11.4. The minimum atomic E-state index is -4.69. The number of benzene rings is 1. The molecule has 0 spiro atoms. The second-order valence-electron chi connectivity index (χ2n) is 5.10. The van der Waals surface area contributed by atoms with Crippen LogP contribution < -0.4 is 10.1 Å². The van der Waals surface area contributed by atoms with Gasteiger partial charge in [0.2, 0.25) is 0 Å². The number of halogens is 3. The second-order valence-corrected chi connectivity index (χ2v) is 5.10. The zero-order valence-corrected chi connectivity index (χ0v) is 11.4. The highest BCUT2D eigenvalue weighted by atomic mass is 19.4. The van der Waals surface area contributed by atoms with Crippen LogP contribution in [-0.4, -0.2) is 12.9 Å². The van der Waals surface area contributed by atoms with Gasteiger partial charge in [-0.25, -0.2) is 0 Å². The molecule has 0 aromatic heterocycles. The Balaban J connectivity index is 2.45. The molecule has 0 aliphatic carbocycles. The fourth-order valence-corrected chi connectivity index (χ4v) is 1.62. The van der Waals surface area contributed by atoms with Crippen molar-refractivity contribution in [1.82, 2.24) is 0 Å². The molecule has 0 saturated heterocycles. The molecule has 6 heteroatoms. The quantitative estimate of drug-likeness (QED) is 0.792. The number of hydrogen-bond acceptors (Lipinski definition) is 3. The van der Waals surface area contributed by atoms with Crippen LogP contribution in [0.2, 0.25) is 0 Å². The summed E-state index contributed by atoms with van der Waals surface area (Å²) < 4.78 is 40.1. The van der Waals surface area contributed by atoms with Crippen LogP contribution in [0.1, 0.15) is 26.7 Å². The molecule has 1 N–H and O–H groups in total. The highest BCUT2D eigenvalue weighted by molar-refractivity contribution is 5.48. The van der Waals surface area contributed by atoms with Crippen LogP contribution in [-0.2, 0) is 0 Å². The van der Waals surface area contributed by atoms with Gasteiger partial charge in [0.1, 0.15) is 5.75 Å². The maximum atomic E-state index is 12.1. The Morgan fingerprint density at radius 1 is 1.30 bits per heavy atom. The van der Waals surface area contributed by atoms with E-state index >= 15 is 0 Å². The fraction of sp³-hybridized carbons (Fsp3) is 0.500. The van der Waals surface area contributed by atoms with Gasteiger partial charge < -0.3 is 10.1 Å². The molecule has 0 radical (unpaired) electrons. The van der Waals surface area contributed by atoms with Gasteiger partial charge in [-0.1, -0.05) is 6.07 Å². The van der Waals surface area contributed by atoms with E-state index < -0.39 is 6.36 Å². The molecule has 0 heterocycles. The molecule has 1 aromatic carbocycles. The average Bonchev–Trinajstić information content (AvgIpc) is 2.33. The Morgan fingerprint density at radius 2 is 2.00 bits per heavy atom. The maximum absolute atomic E-state index is 12.1. The van der Waals surface area contributed by atoms with Gasteiger partial charge in [0, 0.05) is 18.3 Å². The summed E-state index contributed by atoms with van der Waals surface area (Å²) in [7, 11) is 0. The first-order valence-electron chi connectivity index (χ1n) is 6.23. The number of anilines is 1. The minimum absolute atomic E-state index is 0.250. The van der Waals surface area contributed by atoms with Crippen LogP contribution >= 0.6 is 0 Å². The van der Waals surface area contributed by atoms with Gasteiger partial charge in [-0.2, -0.15) is 5.26 Å². The fourth-order valence-electron chi connectivity index (χ4n) is 1.62. The Hall–Kier alpha value is -1.90. The molecule has 0 bridgehead atoms. The summed E-state index contributed by atoms with van der Waals surface area (Å²) in [6, 6.07) is 7.90. The Morgan fingerprint density at radius 3 is 2.60 bits per heavy atom. The number of ether oxygens (including phenoxy) is 1. The molecule has 20 heavy (non-hydrogen) atoms. The first-order chi connectivity index (χ1) is 9.22. The molecule has 0 saturated carbocycles. The second kappa shape index (κ2) is 6.51. The van der Waals surface area contributed by atoms with Crippen molar-refractivity contribution >= 4 is 5.69 Å². The number of nitriles is 1. The summed E-state index contributed by atoms with van der Waals surface area (Å²) in [5, 5.41) is 11.9. The number of rotatable bonds is 6. The Labute approximate surface area is 116 Å². The molecular weight excluding hydrogens is 269 g/mol. The molecule has 1 aromatic rings. The lowest BCUT2D eigenvalue weighted by atomic mass is 9.90. The number of alkyl halides is 3. The van der Waals surface area contributed by atoms with Crippen molar-refractivity contribution in [3.8, 4) is 11.8 Å². The van der Waals surface area contributed by atoms with Crippen molar-refractivity contribution in [2.24, 2.45) is 5.41 Å². The van der Waals surface area contributed by atoms with E-state index in [0.29, 0.717) is 12.2 Å². The van der Waals surface area contributed by atoms with Gasteiger partial charge >= 0.3 is 6.36 Å².